The van der Waals surface area contributed by atoms with Crippen molar-refractivity contribution in [1.82, 2.24) is 5.32 Å². The van der Waals surface area contributed by atoms with E-state index in [1.54, 1.807) is 48.5 Å². The van der Waals surface area contributed by atoms with Gasteiger partial charge in [0.25, 0.3) is 5.91 Å². The van der Waals surface area contributed by atoms with Crippen LogP contribution in [0.1, 0.15) is 59.2 Å². The van der Waals surface area contributed by atoms with Crippen LogP contribution in [-0.2, 0) is 7.05 Å². The molecule has 0 spiro atoms. The Morgan fingerprint density at radius 2 is 1.54 bits per heavy atom. The number of aryl methyl sites for hydroxylation is 1. The second-order valence-electron chi connectivity index (χ2n) is 8.32. The first kappa shape index (κ1) is 26.2. The predicted octanol–water partition coefficient (Wildman–Crippen LogP) is 5.53. The maximum absolute atomic E-state index is 12.2. The molecule has 35 heavy (non-hydrogen) atoms. The molecule has 0 fully saturated rings. The van der Waals surface area contributed by atoms with Gasteiger partial charge in [0.05, 0.1) is 17.2 Å². The molecule has 1 N–H and O–H groups in total. The van der Waals surface area contributed by atoms with E-state index in [0.717, 1.165) is 44.3 Å². The minimum absolute atomic E-state index is 0.0230. The number of nitrogens with zero attached hydrogens (tertiary/aromatic N) is 1. The first-order chi connectivity index (χ1) is 17.0. The molecule has 1 amide bonds. The van der Waals surface area contributed by atoms with Crippen molar-refractivity contribution >= 4 is 23.5 Å². The molecular formula is C28H32ClN2O4+. The van der Waals surface area contributed by atoms with Crippen LogP contribution in [-0.4, -0.2) is 25.0 Å². The van der Waals surface area contributed by atoms with Gasteiger partial charge in [-0.25, -0.2) is 9.36 Å². The normalized spacial score (nSPS) is 10.6. The Kier molecular flexibility index (Phi) is 10.6. The summed E-state index contributed by atoms with van der Waals surface area (Å²) in [7, 11) is 1.90. The Morgan fingerprint density at radius 3 is 2.29 bits per heavy atom. The van der Waals surface area contributed by atoms with Crippen molar-refractivity contribution in [3.05, 3.63) is 89.2 Å². The summed E-state index contributed by atoms with van der Waals surface area (Å²) >= 11 is 6.04. The Morgan fingerprint density at radius 1 is 0.857 bits per heavy atom. The van der Waals surface area contributed by atoms with E-state index in [-0.39, 0.29) is 5.91 Å². The van der Waals surface area contributed by atoms with Gasteiger partial charge in [0, 0.05) is 12.6 Å². The van der Waals surface area contributed by atoms with Gasteiger partial charge in [-0.2, -0.15) is 0 Å². The number of ether oxygens (including phenoxy) is 2. The number of hydrogen-bond donors (Lipinski definition) is 1. The number of aromatic nitrogens is 1. The number of carbonyl (C=O) groups excluding carboxylic acids is 2. The topological polar surface area (TPSA) is 68.5 Å². The molecule has 2 aromatic carbocycles. The number of pyridine rings is 1. The lowest BCUT2D eigenvalue weighted by Crippen LogP contribution is -2.31. The summed E-state index contributed by atoms with van der Waals surface area (Å²) in [6.07, 6.45) is 10.2. The van der Waals surface area contributed by atoms with Crippen LogP contribution in [0.15, 0.2) is 73.1 Å². The summed E-state index contributed by atoms with van der Waals surface area (Å²) in [6, 6.07) is 17.5. The SMILES string of the molecule is C[n+]1cccc(C(=O)NCCCCCCCCOc2ccc(OC(=O)c3ccccc3Cl)cc2)c1. The standard InChI is InChI=1S/C28H31ClN2O4/c1-31-19-10-11-22(21-31)27(32)30-18-8-4-2-3-5-9-20-34-23-14-16-24(17-15-23)35-28(33)25-12-6-7-13-26(25)29/h6-7,10-17,19,21H,2-5,8-9,18,20H2,1H3/p+1. The van der Waals surface area contributed by atoms with E-state index < -0.39 is 5.97 Å². The summed E-state index contributed by atoms with van der Waals surface area (Å²) < 4.78 is 13.0. The zero-order valence-electron chi connectivity index (χ0n) is 20.0. The number of hydrogen-bond acceptors (Lipinski definition) is 4. The van der Waals surface area contributed by atoms with Gasteiger partial charge in [0.2, 0.25) is 0 Å². The minimum atomic E-state index is -0.489. The lowest BCUT2D eigenvalue weighted by molar-refractivity contribution is -0.671. The summed E-state index contributed by atoms with van der Waals surface area (Å²) in [5.41, 5.74) is 1.02. The molecular weight excluding hydrogens is 464 g/mol. The number of amides is 1. The fraction of sp³-hybridized carbons (Fsp3) is 0.321. The van der Waals surface area contributed by atoms with Gasteiger partial charge < -0.3 is 14.8 Å². The van der Waals surface area contributed by atoms with Crippen LogP contribution in [0.25, 0.3) is 0 Å². The molecule has 3 aromatic rings. The van der Waals surface area contributed by atoms with E-state index >= 15 is 0 Å². The Labute approximate surface area is 211 Å². The highest BCUT2D eigenvalue weighted by Gasteiger charge is 2.12. The van der Waals surface area contributed by atoms with Crippen LogP contribution in [0.3, 0.4) is 0 Å². The van der Waals surface area contributed by atoms with Crippen LogP contribution in [0.5, 0.6) is 11.5 Å². The largest absolute Gasteiger partial charge is 0.494 e. The maximum Gasteiger partial charge on any atom is 0.345 e. The van der Waals surface area contributed by atoms with Crippen LogP contribution >= 0.6 is 11.6 Å². The summed E-state index contributed by atoms with van der Waals surface area (Å²) in [6.45, 7) is 1.34. The van der Waals surface area contributed by atoms with Crippen molar-refractivity contribution in [2.24, 2.45) is 7.05 Å². The molecule has 1 aromatic heterocycles. The lowest BCUT2D eigenvalue weighted by atomic mass is 10.1. The van der Waals surface area contributed by atoms with Crippen LogP contribution < -0.4 is 19.4 Å². The van der Waals surface area contributed by atoms with E-state index in [4.69, 9.17) is 21.1 Å². The zero-order chi connectivity index (χ0) is 24.9. The number of halogens is 1. The first-order valence-electron chi connectivity index (χ1n) is 12.0. The minimum Gasteiger partial charge on any atom is -0.494 e. The number of esters is 1. The average Bonchev–Trinajstić information content (AvgIpc) is 2.86. The van der Waals surface area contributed by atoms with Crippen molar-refractivity contribution in [2.75, 3.05) is 13.2 Å². The molecule has 184 valence electrons. The monoisotopic (exact) mass is 495 g/mol. The molecule has 0 aliphatic rings. The van der Waals surface area contributed by atoms with Crippen LogP contribution in [0.4, 0.5) is 0 Å². The fourth-order valence-electron chi connectivity index (χ4n) is 3.54. The number of nitrogens with one attached hydrogen (secondary N) is 1. The van der Waals surface area contributed by atoms with E-state index in [0.29, 0.717) is 35.1 Å². The van der Waals surface area contributed by atoms with Crippen LogP contribution in [0, 0.1) is 0 Å². The molecule has 7 heteroatoms. The van der Waals surface area contributed by atoms with Gasteiger partial charge in [0.15, 0.2) is 12.4 Å². The van der Waals surface area contributed by atoms with Gasteiger partial charge in [0.1, 0.15) is 24.1 Å². The number of carbonyl (C=O) groups is 2. The molecule has 0 bridgehead atoms. The van der Waals surface area contributed by atoms with Crippen molar-refractivity contribution in [3.63, 3.8) is 0 Å². The first-order valence-corrected chi connectivity index (χ1v) is 12.3. The van der Waals surface area contributed by atoms with Crippen molar-refractivity contribution in [1.29, 1.82) is 0 Å². The Balaban J connectivity index is 1.22. The Hall–Kier alpha value is -3.38. The zero-order valence-corrected chi connectivity index (χ0v) is 20.8. The van der Waals surface area contributed by atoms with E-state index in [2.05, 4.69) is 5.32 Å². The van der Waals surface area contributed by atoms with Crippen molar-refractivity contribution in [3.8, 4) is 11.5 Å². The predicted molar refractivity (Wildman–Crippen MR) is 136 cm³/mol. The molecule has 0 saturated heterocycles. The van der Waals surface area contributed by atoms with E-state index in [1.165, 1.54) is 0 Å². The average molecular weight is 496 g/mol. The highest BCUT2D eigenvalue weighted by molar-refractivity contribution is 6.33. The van der Waals surface area contributed by atoms with Gasteiger partial charge in [-0.05, 0) is 55.3 Å². The molecule has 1 heterocycles. The van der Waals surface area contributed by atoms with Crippen molar-refractivity contribution in [2.45, 2.75) is 38.5 Å². The highest BCUT2D eigenvalue weighted by atomic mass is 35.5. The summed E-state index contributed by atoms with van der Waals surface area (Å²) in [5.74, 6) is 0.670. The number of benzene rings is 2. The van der Waals surface area contributed by atoms with Gasteiger partial charge >= 0.3 is 5.97 Å². The third-order valence-electron chi connectivity index (χ3n) is 5.46. The van der Waals surface area contributed by atoms with Gasteiger partial charge in [-0.1, -0.05) is 49.4 Å². The molecule has 0 aliphatic heterocycles. The van der Waals surface area contributed by atoms with E-state index in [9.17, 15) is 9.59 Å². The second-order valence-corrected chi connectivity index (χ2v) is 8.73. The van der Waals surface area contributed by atoms with E-state index in [1.807, 2.05) is 36.1 Å². The maximum atomic E-state index is 12.2. The number of rotatable bonds is 13. The molecule has 6 nitrogen and oxygen atoms in total. The fourth-order valence-corrected chi connectivity index (χ4v) is 3.76. The second kappa shape index (κ2) is 14.1. The van der Waals surface area contributed by atoms with Crippen molar-refractivity contribution < 1.29 is 23.6 Å². The smallest absolute Gasteiger partial charge is 0.345 e. The van der Waals surface area contributed by atoms with Crippen LogP contribution in [0.2, 0.25) is 5.02 Å². The number of unbranched alkanes of at least 4 members (excludes halogenated alkanes) is 5. The molecule has 0 atom stereocenters. The third kappa shape index (κ3) is 9.06. The quantitative estimate of drug-likeness (QED) is 0.146. The summed E-state index contributed by atoms with van der Waals surface area (Å²) in [5, 5.41) is 3.34. The molecule has 3 rings (SSSR count). The summed E-state index contributed by atoms with van der Waals surface area (Å²) in [4.78, 5) is 24.3. The third-order valence-corrected chi connectivity index (χ3v) is 5.78. The molecule has 0 unspecified atom stereocenters. The highest BCUT2D eigenvalue weighted by Crippen LogP contribution is 2.21. The molecule has 0 saturated carbocycles. The lowest BCUT2D eigenvalue weighted by Gasteiger charge is -2.08. The Bertz CT molecular complexity index is 1100. The van der Waals surface area contributed by atoms with Gasteiger partial charge in [-0.3, -0.25) is 4.79 Å². The van der Waals surface area contributed by atoms with Gasteiger partial charge in [-0.15, -0.1) is 0 Å². The molecule has 0 aliphatic carbocycles. The molecule has 0 radical (unpaired) electrons.